The molecule has 0 aliphatic carbocycles. The van der Waals surface area contributed by atoms with E-state index in [0.717, 1.165) is 24.3 Å². The van der Waals surface area contributed by atoms with Gasteiger partial charge in [0.2, 0.25) is 17.5 Å². The summed E-state index contributed by atoms with van der Waals surface area (Å²) >= 11 is 0. The molecule has 5 atom stereocenters. The van der Waals surface area contributed by atoms with Crippen LogP contribution >= 0.6 is 0 Å². The summed E-state index contributed by atoms with van der Waals surface area (Å²) in [5, 5.41) is 78.3. The van der Waals surface area contributed by atoms with E-state index in [2.05, 4.69) is 0 Å². The molecule has 1 aliphatic rings. The van der Waals surface area contributed by atoms with Gasteiger partial charge in [-0.05, 0) is 18.2 Å². The molecule has 4 rings (SSSR count). The van der Waals surface area contributed by atoms with Crippen LogP contribution in [0.15, 0.2) is 39.5 Å². The van der Waals surface area contributed by atoms with Crippen molar-refractivity contribution in [2.24, 2.45) is 0 Å². The van der Waals surface area contributed by atoms with Gasteiger partial charge < -0.3 is 54.7 Å². The highest BCUT2D eigenvalue weighted by atomic mass is 16.7. The third-order valence-electron chi connectivity index (χ3n) is 5.21. The molecular formula is C21H20O12. The van der Waals surface area contributed by atoms with E-state index >= 15 is 0 Å². The number of phenolic OH excluding ortho intramolecular Hbond substituents is 4. The normalized spacial score (nSPS) is 23.6. The van der Waals surface area contributed by atoms with Crippen molar-refractivity contribution in [2.45, 2.75) is 30.7 Å². The molecule has 176 valence electrons. The van der Waals surface area contributed by atoms with Crippen LogP contribution in [0.1, 0.15) is 0 Å². The van der Waals surface area contributed by atoms with Crippen LogP contribution in [0.2, 0.25) is 0 Å². The quantitative estimate of drug-likeness (QED) is 0.224. The Balaban J connectivity index is 1.88. The van der Waals surface area contributed by atoms with Gasteiger partial charge in [-0.15, -0.1) is 0 Å². The predicted octanol–water partition coefficient (Wildman–Crippen LogP) is -0.539. The van der Waals surface area contributed by atoms with Gasteiger partial charge in [-0.3, -0.25) is 4.79 Å². The van der Waals surface area contributed by atoms with Crippen molar-refractivity contribution < 1.29 is 54.7 Å². The SMILES string of the molecule is O=c1c(O[C@@H]2OC([C@H](O)CO)[C@H](O)[C@H]2O)c(-c2ccc(O)c(O)c2)oc2cc(O)cc(O)c12. The first kappa shape index (κ1) is 22.6. The summed E-state index contributed by atoms with van der Waals surface area (Å²) in [6, 6.07) is 5.38. The first-order chi connectivity index (χ1) is 15.6. The lowest BCUT2D eigenvalue weighted by Crippen LogP contribution is -2.40. The average molecular weight is 464 g/mol. The van der Waals surface area contributed by atoms with Gasteiger partial charge in [0.15, 0.2) is 17.3 Å². The van der Waals surface area contributed by atoms with Crippen LogP contribution in [0, 0.1) is 0 Å². The van der Waals surface area contributed by atoms with Crippen LogP contribution in [0.4, 0.5) is 0 Å². The maximum atomic E-state index is 13.2. The zero-order valence-electron chi connectivity index (χ0n) is 16.7. The third-order valence-corrected chi connectivity index (χ3v) is 5.21. The molecule has 1 aromatic heterocycles. The Bertz CT molecular complexity index is 1250. The van der Waals surface area contributed by atoms with Crippen molar-refractivity contribution >= 4 is 11.0 Å². The van der Waals surface area contributed by atoms with E-state index in [4.69, 9.17) is 19.0 Å². The number of ether oxygens (including phenoxy) is 2. The highest BCUT2D eigenvalue weighted by Gasteiger charge is 2.47. The summed E-state index contributed by atoms with van der Waals surface area (Å²) in [7, 11) is 0. The Morgan fingerprint density at radius 3 is 2.36 bits per heavy atom. The lowest BCUT2D eigenvalue weighted by Gasteiger charge is -2.19. The van der Waals surface area contributed by atoms with Gasteiger partial charge in [0, 0.05) is 17.7 Å². The van der Waals surface area contributed by atoms with E-state index in [1.165, 1.54) is 6.07 Å². The Labute approximate surface area is 184 Å². The molecule has 0 spiro atoms. The molecule has 12 nitrogen and oxygen atoms in total. The van der Waals surface area contributed by atoms with Crippen LogP contribution in [-0.4, -0.2) is 78.2 Å². The largest absolute Gasteiger partial charge is 0.508 e. The molecule has 1 saturated heterocycles. The highest BCUT2D eigenvalue weighted by Crippen LogP contribution is 2.39. The van der Waals surface area contributed by atoms with Gasteiger partial charge in [0.25, 0.3) is 0 Å². The van der Waals surface area contributed by atoms with E-state index in [9.17, 15) is 40.5 Å². The summed E-state index contributed by atoms with van der Waals surface area (Å²) in [4.78, 5) is 13.2. The van der Waals surface area contributed by atoms with E-state index in [1.807, 2.05) is 0 Å². The average Bonchev–Trinajstić information content (AvgIpc) is 3.04. The highest BCUT2D eigenvalue weighted by molar-refractivity contribution is 5.88. The van der Waals surface area contributed by atoms with Crippen molar-refractivity contribution in [3.63, 3.8) is 0 Å². The second-order valence-electron chi connectivity index (χ2n) is 7.45. The minimum Gasteiger partial charge on any atom is -0.508 e. The molecule has 2 aromatic carbocycles. The lowest BCUT2D eigenvalue weighted by atomic mass is 10.1. The van der Waals surface area contributed by atoms with E-state index in [1.54, 1.807) is 0 Å². The standard InChI is InChI=1S/C21H20O12/c22-6-12(27)19-16(29)17(30)21(32-19)33-20-15(28)14-11(26)4-8(23)5-13(14)31-18(20)7-1-2-9(24)10(25)3-7/h1-5,12,16-17,19,21-27,29-30H,6H2/t12-,16-,17-,19?,21+/m1/s1. The van der Waals surface area contributed by atoms with Crippen molar-refractivity contribution in [3.8, 4) is 40.1 Å². The molecular weight excluding hydrogens is 444 g/mol. The first-order valence-corrected chi connectivity index (χ1v) is 9.64. The van der Waals surface area contributed by atoms with Gasteiger partial charge in [-0.25, -0.2) is 0 Å². The Morgan fingerprint density at radius 2 is 1.70 bits per heavy atom. The molecule has 1 aliphatic heterocycles. The number of aromatic hydroxyl groups is 4. The Hall–Kier alpha value is -3.55. The summed E-state index contributed by atoms with van der Waals surface area (Å²) in [5.41, 5.74) is -1.16. The van der Waals surface area contributed by atoms with E-state index in [0.29, 0.717) is 0 Å². The second kappa shape index (κ2) is 8.42. The van der Waals surface area contributed by atoms with Crippen LogP contribution in [0.3, 0.4) is 0 Å². The fourth-order valence-electron chi connectivity index (χ4n) is 3.54. The van der Waals surface area contributed by atoms with Crippen LogP contribution in [0.5, 0.6) is 28.7 Å². The van der Waals surface area contributed by atoms with Crippen LogP contribution < -0.4 is 10.2 Å². The maximum absolute atomic E-state index is 13.2. The van der Waals surface area contributed by atoms with Crippen molar-refractivity contribution in [3.05, 3.63) is 40.6 Å². The minimum atomic E-state index is -1.75. The second-order valence-corrected chi connectivity index (χ2v) is 7.45. The predicted molar refractivity (Wildman–Crippen MR) is 109 cm³/mol. The van der Waals surface area contributed by atoms with Gasteiger partial charge in [0.05, 0.1) is 6.61 Å². The van der Waals surface area contributed by atoms with Crippen molar-refractivity contribution in [1.82, 2.24) is 0 Å². The van der Waals surface area contributed by atoms with E-state index < -0.39 is 71.5 Å². The maximum Gasteiger partial charge on any atom is 0.239 e. The minimum absolute atomic E-state index is 0.0297. The first-order valence-electron chi connectivity index (χ1n) is 9.64. The Kier molecular flexibility index (Phi) is 5.78. The smallest absolute Gasteiger partial charge is 0.239 e. The van der Waals surface area contributed by atoms with Crippen LogP contribution in [-0.2, 0) is 4.74 Å². The van der Waals surface area contributed by atoms with E-state index in [-0.39, 0.29) is 22.3 Å². The molecule has 0 bridgehead atoms. The molecule has 12 heteroatoms. The van der Waals surface area contributed by atoms with Gasteiger partial charge in [0.1, 0.15) is 46.9 Å². The van der Waals surface area contributed by atoms with Crippen molar-refractivity contribution in [1.29, 1.82) is 0 Å². The number of hydrogen-bond donors (Lipinski definition) is 8. The zero-order valence-corrected chi connectivity index (χ0v) is 16.7. The molecule has 8 N–H and O–H groups in total. The molecule has 0 radical (unpaired) electrons. The number of benzene rings is 2. The summed E-state index contributed by atoms with van der Waals surface area (Å²) < 4.78 is 16.5. The zero-order chi connectivity index (χ0) is 24.0. The molecule has 0 saturated carbocycles. The molecule has 3 aromatic rings. The van der Waals surface area contributed by atoms with Gasteiger partial charge in [-0.2, -0.15) is 0 Å². The molecule has 0 amide bonds. The fourth-order valence-corrected chi connectivity index (χ4v) is 3.54. The molecule has 2 heterocycles. The summed E-state index contributed by atoms with van der Waals surface area (Å²) in [6.45, 7) is -0.783. The third kappa shape index (κ3) is 3.90. The van der Waals surface area contributed by atoms with Gasteiger partial charge >= 0.3 is 0 Å². The number of aliphatic hydroxyl groups is 4. The number of fused-ring (bicyclic) bond motifs is 1. The lowest BCUT2D eigenvalue weighted by molar-refractivity contribution is -0.137. The van der Waals surface area contributed by atoms with Crippen LogP contribution in [0.25, 0.3) is 22.3 Å². The summed E-state index contributed by atoms with van der Waals surface area (Å²) in [5.74, 6) is -3.00. The molecule has 1 unspecified atom stereocenters. The number of aliphatic hydroxyl groups excluding tert-OH is 4. The monoisotopic (exact) mass is 464 g/mol. The molecule has 1 fully saturated rings. The van der Waals surface area contributed by atoms with Crippen molar-refractivity contribution in [2.75, 3.05) is 6.61 Å². The number of rotatable bonds is 5. The number of hydrogen-bond acceptors (Lipinski definition) is 12. The molecule has 33 heavy (non-hydrogen) atoms. The Morgan fingerprint density at radius 1 is 0.970 bits per heavy atom. The summed E-state index contributed by atoms with van der Waals surface area (Å²) in [6.07, 6.45) is -8.11. The fraction of sp³-hybridized carbons (Fsp3) is 0.286. The number of phenols is 4. The topological polar surface area (TPSA) is 211 Å². The van der Waals surface area contributed by atoms with Gasteiger partial charge in [-0.1, -0.05) is 0 Å².